The molecule has 1 heterocycles. The Bertz CT molecular complexity index is 707. The number of benzene rings is 1. The third-order valence-electron chi connectivity index (χ3n) is 3.08. The van der Waals surface area contributed by atoms with Crippen molar-refractivity contribution in [1.29, 1.82) is 0 Å². The van der Waals surface area contributed by atoms with Gasteiger partial charge >= 0.3 is 0 Å². The van der Waals surface area contributed by atoms with Crippen LogP contribution in [-0.4, -0.2) is 15.0 Å². The van der Waals surface area contributed by atoms with Crippen LogP contribution in [0.1, 0.15) is 22.9 Å². The fraction of sp³-hybridized carbons (Fsp3) is 0.333. The number of ether oxygens (including phenoxy) is 1. The highest BCUT2D eigenvalue weighted by atomic mass is 32.2. The summed E-state index contributed by atoms with van der Waals surface area (Å²) >= 11 is 1.53. The first-order valence-corrected chi connectivity index (χ1v) is 9.06. The third kappa shape index (κ3) is 3.84. The van der Waals surface area contributed by atoms with Gasteiger partial charge in [-0.05, 0) is 43.3 Å². The Morgan fingerprint density at radius 1 is 1.24 bits per heavy atom. The molecule has 1 N–H and O–H groups in total. The van der Waals surface area contributed by atoms with Gasteiger partial charge in [0, 0.05) is 17.5 Å². The Hall–Kier alpha value is -1.37. The van der Waals surface area contributed by atoms with Crippen LogP contribution in [0.2, 0.25) is 0 Å². The van der Waals surface area contributed by atoms with Crippen LogP contribution in [0.15, 0.2) is 34.5 Å². The summed E-state index contributed by atoms with van der Waals surface area (Å²) in [6.07, 6.45) is 0. The molecule has 0 bridgehead atoms. The second-order valence-electron chi connectivity index (χ2n) is 4.72. The van der Waals surface area contributed by atoms with Gasteiger partial charge in [-0.2, -0.15) is 0 Å². The Labute approximate surface area is 129 Å². The van der Waals surface area contributed by atoms with E-state index in [2.05, 4.69) is 4.72 Å². The Balaban J connectivity index is 2.28. The first-order valence-electron chi connectivity index (χ1n) is 6.70. The molecule has 0 saturated carbocycles. The van der Waals surface area contributed by atoms with E-state index in [-0.39, 0.29) is 4.90 Å². The molecular formula is C15H19NO3S2. The van der Waals surface area contributed by atoms with E-state index in [4.69, 9.17) is 4.74 Å². The number of rotatable bonds is 6. The summed E-state index contributed by atoms with van der Waals surface area (Å²) in [5.41, 5.74) is 1.65. The molecule has 0 unspecified atom stereocenters. The Kier molecular flexibility index (Phi) is 5.03. The van der Waals surface area contributed by atoms with E-state index in [1.54, 1.807) is 13.0 Å². The molecule has 4 nitrogen and oxygen atoms in total. The molecule has 0 aliphatic heterocycles. The van der Waals surface area contributed by atoms with Gasteiger partial charge in [-0.15, -0.1) is 11.3 Å². The fourth-order valence-corrected chi connectivity index (χ4v) is 4.05. The number of thiophene rings is 1. The smallest absolute Gasteiger partial charge is 0.241 e. The minimum absolute atomic E-state index is 0.271. The standard InChI is InChI=1S/C15H19NO3S2/c1-4-19-14-9-15(12(3)8-11(14)2)21(17,18)16-10-13-6-5-7-20-13/h5-9,16H,4,10H2,1-3H3. The molecule has 0 spiro atoms. The SMILES string of the molecule is CCOc1cc(S(=O)(=O)NCc2cccs2)c(C)cc1C. The number of hydrogen-bond donors (Lipinski definition) is 1. The van der Waals surface area contributed by atoms with Crippen molar-refractivity contribution < 1.29 is 13.2 Å². The summed E-state index contributed by atoms with van der Waals surface area (Å²) in [6, 6.07) is 7.25. The van der Waals surface area contributed by atoms with Crippen LogP contribution in [0.4, 0.5) is 0 Å². The van der Waals surface area contributed by atoms with Crippen LogP contribution in [0.3, 0.4) is 0 Å². The van der Waals surface area contributed by atoms with Crippen molar-refractivity contribution in [1.82, 2.24) is 4.72 Å². The summed E-state index contributed by atoms with van der Waals surface area (Å²) in [4.78, 5) is 1.25. The highest BCUT2D eigenvalue weighted by Gasteiger charge is 2.19. The average Bonchev–Trinajstić information content (AvgIpc) is 2.93. The molecule has 21 heavy (non-hydrogen) atoms. The van der Waals surface area contributed by atoms with Crippen LogP contribution < -0.4 is 9.46 Å². The summed E-state index contributed by atoms with van der Waals surface area (Å²) in [5.74, 6) is 0.611. The molecule has 0 saturated heterocycles. The van der Waals surface area contributed by atoms with E-state index in [9.17, 15) is 8.42 Å². The van der Waals surface area contributed by atoms with Crippen molar-refractivity contribution in [2.45, 2.75) is 32.2 Å². The van der Waals surface area contributed by atoms with Gasteiger partial charge in [0.2, 0.25) is 10.0 Å². The number of hydrogen-bond acceptors (Lipinski definition) is 4. The topological polar surface area (TPSA) is 55.4 Å². The van der Waals surface area contributed by atoms with Crippen molar-refractivity contribution in [2.24, 2.45) is 0 Å². The lowest BCUT2D eigenvalue weighted by Gasteiger charge is -2.13. The molecule has 0 fully saturated rings. The van der Waals surface area contributed by atoms with Crippen LogP contribution >= 0.6 is 11.3 Å². The molecule has 0 aliphatic carbocycles. The predicted octanol–water partition coefficient (Wildman–Crippen LogP) is 3.24. The molecule has 6 heteroatoms. The number of aryl methyl sites for hydroxylation is 2. The maximum atomic E-state index is 12.5. The maximum absolute atomic E-state index is 12.5. The summed E-state index contributed by atoms with van der Waals surface area (Å²) in [7, 11) is -3.55. The molecule has 1 aromatic heterocycles. The lowest BCUT2D eigenvalue weighted by Crippen LogP contribution is -2.23. The normalized spacial score (nSPS) is 11.6. The monoisotopic (exact) mass is 325 g/mol. The predicted molar refractivity (Wildman–Crippen MR) is 85.4 cm³/mol. The third-order valence-corrected chi connectivity index (χ3v) is 5.50. The van der Waals surface area contributed by atoms with Crippen molar-refractivity contribution >= 4 is 21.4 Å². The molecule has 0 atom stereocenters. The van der Waals surface area contributed by atoms with Crippen molar-refractivity contribution in [2.75, 3.05) is 6.61 Å². The second-order valence-corrected chi connectivity index (χ2v) is 7.49. The van der Waals surface area contributed by atoms with Crippen LogP contribution in [0.5, 0.6) is 5.75 Å². The van der Waals surface area contributed by atoms with Gasteiger partial charge in [0.15, 0.2) is 0 Å². The zero-order chi connectivity index (χ0) is 15.5. The molecular weight excluding hydrogens is 306 g/mol. The van der Waals surface area contributed by atoms with Gasteiger partial charge in [0.05, 0.1) is 11.5 Å². The second kappa shape index (κ2) is 6.60. The lowest BCUT2D eigenvalue weighted by molar-refractivity contribution is 0.336. The highest BCUT2D eigenvalue weighted by molar-refractivity contribution is 7.89. The largest absolute Gasteiger partial charge is 0.494 e. The van der Waals surface area contributed by atoms with Crippen LogP contribution in [0, 0.1) is 13.8 Å². The van der Waals surface area contributed by atoms with E-state index >= 15 is 0 Å². The van der Waals surface area contributed by atoms with E-state index in [0.717, 1.165) is 16.0 Å². The zero-order valence-corrected chi connectivity index (χ0v) is 14.0. The lowest BCUT2D eigenvalue weighted by atomic mass is 10.1. The molecule has 0 aliphatic rings. The van der Waals surface area contributed by atoms with Crippen molar-refractivity contribution in [3.63, 3.8) is 0 Å². The van der Waals surface area contributed by atoms with Gasteiger partial charge in [-0.3, -0.25) is 0 Å². The van der Waals surface area contributed by atoms with E-state index in [1.807, 2.05) is 37.4 Å². The molecule has 0 amide bonds. The average molecular weight is 325 g/mol. The maximum Gasteiger partial charge on any atom is 0.241 e. The molecule has 2 rings (SSSR count). The van der Waals surface area contributed by atoms with E-state index in [0.29, 0.717) is 18.9 Å². The first-order chi connectivity index (χ1) is 9.94. The number of sulfonamides is 1. The van der Waals surface area contributed by atoms with Gasteiger partial charge < -0.3 is 4.74 Å². The fourth-order valence-electron chi connectivity index (χ4n) is 2.07. The van der Waals surface area contributed by atoms with Crippen molar-refractivity contribution in [3.05, 3.63) is 45.6 Å². The Morgan fingerprint density at radius 2 is 2.00 bits per heavy atom. The van der Waals surface area contributed by atoms with Crippen molar-refractivity contribution in [3.8, 4) is 5.75 Å². The quantitative estimate of drug-likeness (QED) is 0.887. The minimum atomic E-state index is -3.55. The molecule has 0 radical (unpaired) electrons. The van der Waals surface area contributed by atoms with Gasteiger partial charge in [-0.25, -0.2) is 13.1 Å². The minimum Gasteiger partial charge on any atom is -0.494 e. The summed E-state index contributed by atoms with van der Waals surface area (Å²) in [6.45, 7) is 6.39. The van der Waals surface area contributed by atoms with Gasteiger partial charge in [0.1, 0.15) is 5.75 Å². The molecule has 1 aromatic carbocycles. The summed E-state index contributed by atoms with van der Waals surface area (Å²) < 4.78 is 33.0. The van der Waals surface area contributed by atoms with E-state index < -0.39 is 10.0 Å². The molecule has 114 valence electrons. The molecule has 2 aromatic rings. The van der Waals surface area contributed by atoms with Crippen LogP contribution in [0.25, 0.3) is 0 Å². The number of nitrogens with one attached hydrogen (secondary N) is 1. The summed E-state index contributed by atoms with van der Waals surface area (Å²) in [5, 5.41) is 1.92. The van der Waals surface area contributed by atoms with Crippen LogP contribution in [-0.2, 0) is 16.6 Å². The van der Waals surface area contributed by atoms with Gasteiger partial charge in [-0.1, -0.05) is 12.1 Å². The Morgan fingerprint density at radius 3 is 2.62 bits per heavy atom. The van der Waals surface area contributed by atoms with E-state index in [1.165, 1.54) is 11.3 Å². The first kappa shape index (κ1) is 16.0. The zero-order valence-electron chi connectivity index (χ0n) is 12.3. The van der Waals surface area contributed by atoms with Gasteiger partial charge in [0.25, 0.3) is 0 Å². The highest BCUT2D eigenvalue weighted by Crippen LogP contribution is 2.26.